The summed E-state index contributed by atoms with van der Waals surface area (Å²) in [6.45, 7) is 9.51. The molecule has 6 nitrogen and oxygen atoms in total. The van der Waals surface area contributed by atoms with Crippen molar-refractivity contribution in [1.29, 1.82) is 0 Å². The molecule has 0 aliphatic carbocycles. The zero-order valence-corrected chi connectivity index (χ0v) is 14.5. The van der Waals surface area contributed by atoms with Crippen LogP contribution in [0.1, 0.15) is 34.6 Å². The second-order valence-electron chi connectivity index (χ2n) is 6.39. The maximum absolute atomic E-state index is 12.1. The standard InChI is InChI=1S/C18H27N3O3/c1-14(2)13-20-18(23)16-5-3-15(4-6-16)17(22)19-7-8-21-9-11-24-12-10-21/h3-6,14H,7-13H2,1-2H3,(H,19,22)(H,20,23). The van der Waals surface area contributed by atoms with Crippen molar-refractivity contribution < 1.29 is 14.3 Å². The van der Waals surface area contributed by atoms with E-state index in [1.54, 1.807) is 24.3 Å². The summed E-state index contributed by atoms with van der Waals surface area (Å²) in [7, 11) is 0. The number of rotatable bonds is 7. The van der Waals surface area contributed by atoms with Crippen molar-refractivity contribution in [2.24, 2.45) is 5.92 Å². The van der Waals surface area contributed by atoms with Gasteiger partial charge in [0.1, 0.15) is 0 Å². The van der Waals surface area contributed by atoms with Crippen LogP contribution in [0.4, 0.5) is 0 Å². The second kappa shape index (κ2) is 9.39. The first-order valence-corrected chi connectivity index (χ1v) is 8.53. The van der Waals surface area contributed by atoms with Crippen molar-refractivity contribution >= 4 is 11.8 Å². The van der Waals surface area contributed by atoms with E-state index < -0.39 is 0 Å². The molecule has 1 aromatic carbocycles. The van der Waals surface area contributed by atoms with Crippen molar-refractivity contribution in [3.8, 4) is 0 Å². The molecular formula is C18H27N3O3. The Morgan fingerprint density at radius 2 is 1.58 bits per heavy atom. The summed E-state index contributed by atoms with van der Waals surface area (Å²) >= 11 is 0. The van der Waals surface area contributed by atoms with Crippen LogP contribution in [0.15, 0.2) is 24.3 Å². The Morgan fingerprint density at radius 3 is 2.12 bits per heavy atom. The van der Waals surface area contributed by atoms with Crippen LogP contribution < -0.4 is 10.6 Å². The zero-order valence-electron chi connectivity index (χ0n) is 14.5. The number of benzene rings is 1. The van der Waals surface area contributed by atoms with Gasteiger partial charge in [0.15, 0.2) is 0 Å². The molecule has 1 aromatic rings. The van der Waals surface area contributed by atoms with Crippen LogP contribution in [0, 0.1) is 5.92 Å². The first-order valence-electron chi connectivity index (χ1n) is 8.53. The van der Waals surface area contributed by atoms with Crippen LogP contribution in [-0.2, 0) is 4.74 Å². The van der Waals surface area contributed by atoms with E-state index in [4.69, 9.17) is 4.74 Å². The number of morpholine rings is 1. The highest BCUT2D eigenvalue weighted by molar-refractivity contribution is 5.97. The lowest BCUT2D eigenvalue weighted by atomic mass is 10.1. The number of carbonyl (C=O) groups excluding carboxylic acids is 2. The van der Waals surface area contributed by atoms with Crippen molar-refractivity contribution in [1.82, 2.24) is 15.5 Å². The SMILES string of the molecule is CC(C)CNC(=O)c1ccc(C(=O)NCCN2CCOCC2)cc1. The quantitative estimate of drug-likeness (QED) is 0.785. The van der Waals surface area contributed by atoms with E-state index >= 15 is 0 Å². The lowest BCUT2D eigenvalue weighted by molar-refractivity contribution is 0.0383. The first kappa shape index (κ1) is 18.4. The molecule has 24 heavy (non-hydrogen) atoms. The number of nitrogens with zero attached hydrogens (tertiary/aromatic N) is 1. The van der Waals surface area contributed by atoms with Gasteiger partial charge in [0, 0.05) is 43.9 Å². The van der Waals surface area contributed by atoms with Crippen molar-refractivity contribution in [3.63, 3.8) is 0 Å². The summed E-state index contributed by atoms with van der Waals surface area (Å²) in [4.78, 5) is 26.3. The lowest BCUT2D eigenvalue weighted by Gasteiger charge is -2.26. The minimum atomic E-state index is -0.114. The lowest BCUT2D eigenvalue weighted by Crippen LogP contribution is -2.41. The van der Waals surface area contributed by atoms with Gasteiger partial charge in [-0.05, 0) is 30.2 Å². The van der Waals surface area contributed by atoms with Gasteiger partial charge in [-0.2, -0.15) is 0 Å². The first-order chi connectivity index (χ1) is 11.6. The highest BCUT2D eigenvalue weighted by Crippen LogP contribution is 2.05. The molecule has 6 heteroatoms. The van der Waals surface area contributed by atoms with Gasteiger partial charge < -0.3 is 15.4 Å². The number of nitrogens with one attached hydrogen (secondary N) is 2. The maximum atomic E-state index is 12.1. The average molecular weight is 333 g/mol. The molecule has 132 valence electrons. The topological polar surface area (TPSA) is 70.7 Å². The predicted octanol–water partition coefficient (Wildman–Crippen LogP) is 1.13. The highest BCUT2D eigenvalue weighted by atomic mass is 16.5. The third-order valence-corrected chi connectivity index (χ3v) is 3.90. The molecule has 2 rings (SSSR count). The zero-order chi connectivity index (χ0) is 17.4. The fourth-order valence-electron chi connectivity index (χ4n) is 2.43. The molecular weight excluding hydrogens is 306 g/mol. The van der Waals surface area contributed by atoms with E-state index in [0.717, 1.165) is 32.8 Å². The maximum Gasteiger partial charge on any atom is 0.251 e. The molecule has 2 N–H and O–H groups in total. The summed E-state index contributed by atoms with van der Waals surface area (Å²) in [5.41, 5.74) is 1.14. The molecule has 1 saturated heterocycles. The molecule has 0 spiro atoms. The van der Waals surface area contributed by atoms with Crippen LogP contribution in [0.3, 0.4) is 0 Å². The van der Waals surface area contributed by atoms with Crippen molar-refractivity contribution in [2.45, 2.75) is 13.8 Å². The van der Waals surface area contributed by atoms with Crippen LogP contribution in [0.2, 0.25) is 0 Å². The van der Waals surface area contributed by atoms with Crippen LogP contribution in [0.25, 0.3) is 0 Å². The number of amides is 2. The number of carbonyl (C=O) groups is 2. The molecule has 2 amide bonds. The van der Waals surface area contributed by atoms with Crippen LogP contribution in [-0.4, -0.2) is 62.7 Å². The largest absolute Gasteiger partial charge is 0.379 e. The second-order valence-corrected chi connectivity index (χ2v) is 6.39. The molecule has 0 bridgehead atoms. The predicted molar refractivity (Wildman–Crippen MR) is 93.2 cm³/mol. The van der Waals surface area contributed by atoms with E-state index in [-0.39, 0.29) is 11.8 Å². The summed E-state index contributed by atoms with van der Waals surface area (Å²) in [5, 5.41) is 5.78. The third-order valence-electron chi connectivity index (χ3n) is 3.90. The van der Waals surface area contributed by atoms with Gasteiger partial charge in [0.25, 0.3) is 11.8 Å². The van der Waals surface area contributed by atoms with Gasteiger partial charge in [-0.15, -0.1) is 0 Å². The van der Waals surface area contributed by atoms with E-state index in [9.17, 15) is 9.59 Å². The molecule has 1 heterocycles. The monoisotopic (exact) mass is 333 g/mol. The molecule has 0 aromatic heterocycles. The van der Waals surface area contributed by atoms with E-state index in [1.165, 1.54) is 0 Å². The molecule has 1 aliphatic rings. The van der Waals surface area contributed by atoms with Crippen LogP contribution >= 0.6 is 0 Å². The van der Waals surface area contributed by atoms with E-state index in [0.29, 0.717) is 30.1 Å². The van der Waals surface area contributed by atoms with Gasteiger partial charge in [-0.3, -0.25) is 14.5 Å². The van der Waals surface area contributed by atoms with Gasteiger partial charge in [-0.25, -0.2) is 0 Å². The molecule has 0 radical (unpaired) electrons. The fraction of sp³-hybridized carbons (Fsp3) is 0.556. The Kier molecular flexibility index (Phi) is 7.21. The average Bonchev–Trinajstić information content (AvgIpc) is 2.60. The van der Waals surface area contributed by atoms with E-state index in [1.807, 2.05) is 13.8 Å². The normalized spacial score (nSPS) is 15.3. The summed E-state index contributed by atoms with van der Waals surface area (Å²) in [6.07, 6.45) is 0. The molecule has 0 saturated carbocycles. The number of hydrogen-bond acceptors (Lipinski definition) is 4. The van der Waals surface area contributed by atoms with Gasteiger partial charge in [0.2, 0.25) is 0 Å². The summed E-state index contributed by atoms with van der Waals surface area (Å²) in [6, 6.07) is 6.75. The van der Waals surface area contributed by atoms with Gasteiger partial charge >= 0.3 is 0 Å². The summed E-state index contributed by atoms with van der Waals surface area (Å²) < 4.78 is 5.30. The molecule has 1 fully saturated rings. The van der Waals surface area contributed by atoms with Crippen molar-refractivity contribution in [2.75, 3.05) is 45.9 Å². The molecule has 0 atom stereocenters. The number of ether oxygens (including phenoxy) is 1. The summed E-state index contributed by atoms with van der Waals surface area (Å²) in [5.74, 6) is 0.186. The highest BCUT2D eigenvalue weighted by Gasteiger charge is 2.12. The Balaban J connectivity index is 1.76. The minimum Gasteiger partial charge on any atom is -0.379 e. The minimum absolute atomic E-state index is 0.108. The van der Waals surface area contributed by atoms with Gasteiger partial charge in [-0.1, -0.05) is 13.8 Å². The fourth-order valence-corrected chi connectivity index (χ4v) is 2.43. The van der Waals surface area contributed by atoms with Gasteiger partial charge in [0.05, 0.1) is 13.2 Å². The van der Waals surface area contributed by atoms with Crippen LogP contribution in [0.5, 0.6) is 0 Å². The Labute approximate surface area is 143 Å². The Morgan fingerprint density at radius 1 is 1.04 bits per heavy atom. The number of hydrogen-bond donors (Lipinski definition) is 2. The van der Waals surface area contributed by atoms with Crippen molar-refractivity contribution in [3.05, 3.63) is 35.4 Å². The van der Waals surface area contributed by atoms with E-state index in [2.05, 4.69) is 15.5 Å². The third kappa shape index (κ3) is 5.94. The smallest absolute Gasteiger partial charge is 0.251 e. The Bertz CT molecular complexity index is 537. The molecule has 0 unspecified atom stereocenters. The molecule has 1 aliphatic heterocycles. The Hall–Kier alpha value is -1.92.